The van der Waals surface area contributed by atoms with Crippen molar-refractivity contribution < 1.29 is 0 Å². The summed E-state index contributed by atoms with van der Waals surface area (Å²) in [6.07, 6.45) is 1.04. The molecule has 0 aliphatic heterocycles. The van der Waals surface area contributed by atoms with E-state index in [0.29, 0.717) is 22.7 Å². The zero-order valence-electron chi connectivity index (χ0n) is 10.2. The van der Waals surface area contributed by atoms with Gasteiger partial charge in [-0.2, -0.15) is 0 Å². The molecule has 0 amide bonds. The normalized spacial score (nSPS) is 12.2. The number of anilines is 1. The first-order chi connectivity index (χ1) is 7.45. The van der Waals surface area contributed by atoms with Gasteiger partial charge in [-0.25, -0.2) is 9.97 Å². The summed E-state index contributed by atoms with van der Waals surface area (Å²) in [7, 11) is 1.98. The van der Waals surface area contributed by atoms with E-state index in [1.54, 1.807) is 6.07 Å². The molecule has 1 atom stereocenters. The van der Waals surface area contributed by atoms with Crippen molar-refractivity contribution in [2.24, 2.45) is 5.73 Å². The van der Waals surface area contributed by atoms with Crippen molar-refractivity contribution in [3.05, 3.63) is 17.5 Å². The minimum atomic E-state index is 0.310. The van der Waals surface area contributed by atoms with Crippen molar-refractivity contribution in [3.63, 3.8) is 0 Å². The number of nitrogens with zero attached hydrogens (tertiary/aromatic N) is 3. The van der Waals surface area contributed by atoms with E-state index >= 15 is 0 Å². The smallest absolute Gasteiger partial charge is 0.226 e. The van der Waals surface area contributed by atoms with Crippen molar-refractivity contribution in [1.82, 2.24) is 9.97 Å². The van der Waals surface area contributed by atoms with Gasteiger partial charge in [0.05, 0.1) is 0 Å². The van der Waals surface area contributed by atoms with Crippen LogP contribution in [0.4, 0.5) is 5.95 Å². The van der Waals surface area contributed by atoms with Crippen molar-refractivity contribution in [3.8, 4) is 0 Å². The Morgan fingerprint density at radius 2 is 2.19 bits per heavy atom. The van der Waals surface area contributed by atoms with Crippen LogP contribution in [0.2, 0.25) is 0 Å². The van der Waals surface area contributed by atoms with E-state index in [1.807, 2.05) is 18.9 Å². The second kappa shape index (κ2) is 5.21. The lowest BCUT2D eigenvalue weighted by Crippen LogP contribution is -2.30. The summed E-state index contributed by atoms with van der Waals surface area (Å²) in [6, 6.07) is 2.19. The van der Waals surface area contributed by atoms with Crippen LogP contribution in [0.3, 0.4) is 0 Å². The number of rotatable bonds is 4. The van der Waals surface area contributed by atoms with E-state index in [2.05, 4.69) is 23.8 Å². The second-order valence-electron chi connectivity index (χ2n) is 3.93. The van der Waals surface area contributed by atoms with Gasteiger partial charge < -0.3 is 10.6 Å². The van der Waals surface area contributed by atoms with E-state index in [0.717, 1.165) is 12.1 Å². The highest BCUT2D eigenvalue weighted by molar-refractivity contribution is 7.80. The van der Waals surface area contributed by atoms with Crippen LogP contribution in [0.25, 0.3) is 0 Å². The molecule has 1 unspecified atom stereocenters. The molecule has 0 saturated heterocycles. The topological polar surface area (TPSA) is 55.0 Å². The molecular weight excluding hydrogens is 220 g/mol. The Bertz CT molecular complexity index is 392. The summed E-state index contributed by atoms with van der Waals surface area (Å²) in [6.45, 7) is 6.18. The van der Waals surface area contributed by atoms with Crippen LogP contribution in [0.5, 0.6) is 0 Å². The third-order valence-corrected chi connectivity index (χ3v) is 2.87. The predicted octanol–water partition coefficient (Wildman–Crippen LogP) is 1.65. The fraction of sp³-hybridized carbons (Fsp3) is 0.545. The molecule has 1 aromatic heterocycles. The summed E-state index contributed by atoms with van der Waals surface area (Å²) in [5.74, 6) is 0.678. The van der Waals surface area contributed by atoms with Crippen LogP contribution in [-0.4, -0.2) is 28.0 Å². The Labute approximate surface area is 102 Å². The molecule has 2 N–H and O–H groups in total. The lowest BCUT2D eigenvalue weighted by Gasteiger charge is -2.24. The van der Waals surface area contributed by atoms with Crippen LogP contribution in [0.1, 0.15) is 31.7 Å². The number of aromatic nitrogens is 2. The zero-order chi connectivity index (χ0) is 12.3. The molecule has 1 heterocycles. The largest absolute Gasteiger partial charge is 0.388 e. The summed E-state index contributed by atoms with van der Waals surface area (Å²) in [5, 5.41) is 0. The fourth-order valence-electron chi connectivity index (χ4n) is 1.31. The Hall–Kier alpha value is -1.23. The third-order valence-electron chi connectivity index (χ3n) is 2.66. The second-order valence-corrected chi connectivity index (χ2v) is 4.37. The van der Waals surface area contributed by atoms with E-state index in [4.69, 9.17) is 18.0 Å². The van der Waals surface area contributed by atoms with Gasteiger partial charge in [-0.3, -0.25) is 0 Å². The van der Waals surface area contributed by atoms with Gasteiger partial charge in [-0.05, 0) is 26.3 Å². The van der Waals surface area contributed by atoms with Crippen LogP contribution in [0.15, 0.2) is 6.07 Å². The predicted molar refractivity (Wildman–Crippen MR) is 70.8 cm³/mol. The van der Waals surface area contributed by atoms with Crippen LogP contribution < -0.4 is 10.6 Å². The first-order valence-corrected chi connectivity index (χ1v) is 5.74. The van der Waals surface area contributed by atoms with Crippen molar-refractivity contribution >= 4 is 23.2 Å². The number of hydrogen-bond donors (Lipinski definition) is 1. The molecule has 0 radical (unpaired) electrons. The quantitative estimate of drug-likeness (QED) is 0.808. The van der Waals surface area contributed by atoms with Gasteiger partial charge in [-0.1, -0.05) is 19.1 Å². The molecule has 0 spiro atoms. The van der Waals surface area contributed by atoms with Crippen molar-refractivity contribution in [2.75, 3.05) is 11.9 Å². The molecule has 0 bridgehead atoms. The van der Waals surface area contributed by atoms with E-state index in [1.165, 1.54) is 0 Å². The highest BCUT2D eigenvalue weighted by Gasteiger charge is 2.12. The van der Waals surface area contributed by atoms with Gasteiger partial charge in [0.25, 0.3) is 0 Å². The molecule has 1 aromatic rings. The zero-order valence-corrected chi connectivity index (χ0v) is 11.0. The third kappa shape index (κ3) is 2.88. The number of hydrogen-bond acceptors (Lipinski definition) is 4. The lowest BCUT2D eigenvalue weighted by atomic mass is 10.2. The Kier molecular flexibility index (Phi) is 4.18. The van der Waals surface area contributed by atoms with Gasteiger partial charge >= 0.3 is 0 Å². The van der Waals surface area contributed by atoms with Crippen LogP contribution in [0, 0.1) is 6.92 Å². The maximum atomic E-state index is 5.58. The average Bonchev–Trinajstić information content (AvgIpc) is 2.26. The molecule has 5 heteroatoms. The van der Waals surface area contributed by atoms with Gasteiger partial charge in [-0.15, -0.1) is 0 Å². The standard InChI is InChI=1S/C11H18N4S/c1-5-8(3)15(4)11-13-7(2)6-9(14-11)10(12)16/h6,8H,5H2,1-4H3,(H2,12,16). The van der Waals surface area contributed by atoms with E-state index in [9.17, 15) is 0 Å². The van der Waals surface area contributed by atoms with Gasteiger partial charge in [0.15, 0.2) is 0 Å². The molecular formula is C11H18N4S. The summed E-state index contributed by atoms with van der Waals surface area (Å²) in [5.41, 5.74) is 7.09. The maximum Gasteiger partial charge on any atom is 0.226 e. The molecule has 0 aromatic carbocycles. The fourth-order valence-corrected chi connectivity index (χ4v) is 1.41. The molecule has 0 fully saturated rings. The molecule has 4 nitrogen and oxygen atoms in total. The highest BCUT2D eigenvalue weighted by Crippen LogP contribution is 2.13. The Morgan fingerprint density at radius 1 is 1.56 bits per heavy atom. The minimum absolute atomic E-state index is 0.310. The van der Waals surface area contributed by atoms with Crippen LogP contribution in [-0.2, 0) is 0 Å². The van der Waals surface area contributed by atoms with Crippen LogP contribution >= 0.6 is 12.2 Å². The average molecular weight is 238 g/mol. The molecule has 88 valence electrons. The minimum Gasteiger partial charge on any atom is -0.388 e. The van der Waals surface area contributed by atoms with Crippen molar-refractivity contribution in [1.29, 1.82) is 0 Å². The van der Waals surface area contributed by atoms with E-state index in [-0.39, 0.29) is 0 Å². The molecule has 16 heavy (non-hydrogen) atoms. The SMILES string of the molecule is CCC(C)N(C)c1nc(C)cc(C(N)=S)n1. The highest BCUT2D eigenvalue weighted by atomic mass is 32.1. The Morgan fingerprint density at radius 3 is 2.69 bits per heavy atom. The van der Waals surface area contributed by atoms with Gasteiger partial charge in [0, 0.05) is 18.8 Å². The van der Waals surface area contributed by atoms with Gasteiger partial charge in [0.2, 0.25) is 5.95 Å². The number of aryl methyl sites for hydroxylation is 1. The lowest BCUT2D eigenvalue weighted by molar-refractivity contribution is 0.647. The van der Waals surface area contributed by atoms with Gasteiger partial charge in [0.1, 0.15) is 10.7 Å². The molecule has 0 aliphatic carbocycles. The molecule has 0 aliphatic rings. The molecule has 1 rings (SSSR count). The Balaban J connectivity index is 3.09. The first-order valence-electron chi connectivity index (χ1n) is 5.34. The molecule has 0 saturated carbocycles. The summed E-state index contributed by atoms with van der Waals surface area (Å²) >= 11 is 4.93. The van der Waals surface area contributed by atoms with E-state index < -0.39 is 0 Å². The maximum absolute atomic E-state index is 5.58. The summed E-state index contributed by atoms with van der Waals surface area (Å²) in [4.78, 5) is 11.1. The van der Waals surface area contributed by atoms with Crippen molar-refractivity contribution in [2.45, 2.75) is 33.2 Å². The summed E-state index contributed by atoms with van der Waals surface area (Å²) < 4.78 is 0. The monoisotopic (exact) mass is 238 g/mol. The number of nitrogens with two attached hydrogens (primary N) is 1. The first kappa shape index (κ1) is 12.8. The number of thiocarbonyl (C=S) groups is 1.